The van der Waals surface area contributed by atoms with Gasteiger partial charge >= 0.3 is 0 Å². The number of amides is 1. The fourth-order valence-electron chi connectivity index (χ4n) is 3.63. The lowest BCUT2D eigenvalue weighted by Gasteiger charge is -2.30. The Kier molecular flexibility index (Phi) is 5.23. The van der Waals surface area contributed by atoms with Gasteiger partial charge in [0, 0.05) is 54.4 Å². The van der Waals surface area contributed by atoms with E-state index >= 15 is 0 Å². The minimum absolute atomic E-state index is 0.0360. The molecule has 7 heteroatoms. The van der Waals surface area contributed by atoms with Crippen LogP contribution < -0.4 is 10.6 Å². The van der Waals surface area contributed by atoms with E-state index < -0.39 is 0 Å². The van der Waals surface area contributed by atoms with Gasteiger partial charge in [-0.05, 0) is 50.6 Å². The van der Waals surface area contributed by atoms with Gasteiger partial charge in [0.2, 0.25) is 5.91 Å². The van der Waals surface area contributed by atoms with Crippen molar-refractivity contribution in [3.63, 3.8) is 0 Å². The highest BCUT2D eigenvalue weighted by molar-refractivity contribution is 5.99. The third kappa shape index (κ3) is 4.35. The fraction of sp³-hybridized carbons (Fsp3) is 0.333. The molecule has 156 valence electrons. The molecule has 4 heterocycles. The van der Waals surface area contributed by atoms with Crippen molar-refractivity contribution in [2.24, 2.45) is 5.92 Å². The summed E-state index contributed by atoms with van der Waals surface area (Å²) in [5, 5.41) is 7.79. The molecular weight excluding hydrogens is 388 g/mol. The number of aromatic nitrogens is 3. The minimum Gasteiger partial charge on any atom is -0.373 e. The molecule has 3 aromatic rings. The number of nitrogens with zero attached hydrogens (tertiary/aromatic N) is 4. The summed E-state index contributed by atoms with van der Waals surface area (Å²) in [5.74, 6) is 7.94. The largest absolute Gasteiger partial charge is 0.373 e. The zero-order valence-corrected chi connectivity index (χ0v) is 17.5. The van der Waals surface area contributed by atoms with Gasteiger partial charge in [0.05, 0.1) is 11.3 Å². The van der Waals surface area contributed by atoms with Gasteiger partial charge in [-0.2, -0.15) is 0 Å². The Labute approximate surface area is 181 Å². The third-order valence-electron chi connectivity index (χ3n) is 5.70. The van der Waals surface area contributed by atoms with Crippen molar-refractivity contribution in [2.45, 2.75) is 25.8 Å². The Morgan fingerprint density at radius 2 is 2.00 bits per heavy atom. The molecule has 1 saturated carbocycles. The summed E-state index contributed by atoms with van der Waals surface area (Å²) in [6.07, 6.45) is 8.48. The number of anilines is 2. The summed E-state index contributed by atoms with van der Waals surface area (Å²) in [5.41, 5.74) is 2.75. The lowest BCUT2D eigenvalue weighted by molar-refractivity contribution is -0.117. The molecule has 2 N–H and O–H groups in total. The Bertz CT molecular complexity index is 1200. The van der Waals surface area contributed by atoms with E-state index in [1.165, 1.54) is 6.42 Å². The first-order valence-corrected chi connectivity index (χ1v) is 10.7. The summed E-state index contributed by atoms with van der Waals surface area (Å²) < 4.78 is 0. The number of fused-ring (bicyclic) bond motifs is 1. The summed E-state index contributed by atoms with van der Waals surface area (Å²) in [6, 6.07) is 5.85. The highest BCUT2D eigenvalue weighted by Gasteiger charge is 2.29. The lowest BCUT2D eigenvalue weighted by atomic mass is 10.1. The molecule has 3 aromatic heterocycles. The molecule has 2 fully saturated rings. The molecule has 0 bridgehead atoms. The molecule has 1 saturated heterocycles. The molecule has 0 spiro atoms. The zero-order chi connectivity index (χ0) is 21.2. The molecule has 7 nitrogen and oxygen atoms in total. The van der Waals surface area contributed by atoms with Crippen molar-refractivity contribution < 1.29 is 4.79 Å². The Hall–Kier alpha value is -3.50. The second kappa shape index (κ2) is 8.32. The van der Waals surface area contributed by atoms with Crippen molar-refractivity contribution in [1.82, 2.24) is 19.9 Å². The minimum atomic E-state index is 0.0360. The molecule has 0 unspecified atom stereocenters. The van der Waals surface area contributed by atoms with Gasteiger partial charge in [-0.3, -0.25) is 14.7 Å². The Balaban J connectivity index is 1.46. The standard InChI is InChI=1S/C24H24N6O/c1-25-23-21-14-27-22(29-24(31)17-5-6-17)12-20(21)18(13-28-23)4-3-16-7-8-26-19(11-16)15-30-9-2-10-30/h7-8,11-14,17H,2,5-6,9-10,15H2,1H3,(H,25,28)(H,27,29,31). The molecule has 1 amide bonds. The van der Waals surface area contributed by atoms with E-state index in [0.717, 1.165) is 65.9 Å². The van der Waals surface area contributed by atoms with Gasteiger partial charge in [0.1, 0.15) is 11.6 Å². The van der Waals surface area contributed by atoms with Crippen LogP contribution in [0.4, 0.5) is 11.6 Å². The van der Waals surface area contributed by atoms with E-state index in [9.17, 15) is 4.79 Å². The first-order valence-electron chi connectivity index (χ1n) is 10.7. The number of likely N-dealkylation sites (tertiary alicyclic amines) is 1. The average Bonchev–Trinajstić information content (AvgIpc) is 3.60. The maximum atomic E-state index is 12.2. The summed E-state index contributed by atoms with van der Waals surface area (Å²) in [4.78, 5) is 27.9. The predicted octanol–water partition coefficient (Wildman–Crippen LogP) is 3.02. The van der Waals surface area contributed by atoms with Crippen LogP contribution in [0.2, 0.25) is 0 Å². The molecule has 0 radical (unpaired) electrons. The zero-order valence-electron chi connectivity index (χ0n) is 17.5. The second-order valence-electron chi connectivity index (χ2n) is 8.06. The van der Waals surface area contributed by atoms with Crippen molar-refractivity contribution in [3.05, 3.63) is 53.6 Å². The van der Waals surface area contributed by atoms with Gasteiger partial charge in [-0.1, -0.05) is 11.8 Å². The highest BCUT2D eigenvalue weighted by Crippen LogP contribution is 2.31. The molecule has 2 aliphatic rings. The summed E-state index contributed by atoms with van der Waals surface area (Å²) >= 11 is 0. The van der Waals surface area contributed by atoms with Gasteiger partial charge in [0.25, 0.3) is 0 Å². The van der Waals surface area contributed by atoms with Gasteiger partial charge in [-0.25, -0.2) is 9.97 Å². The average molecular weight is 412 g/mol. The Morgan fingerprint density at radius 1 is 1.13 bits per heavy atom. The van der Waals surface area contributed by atoms with Crippen molar-refractivity contribution in [3.8, 4) is 11.8 Å². The molecule has 5 rings (SSSR count). The molecule has 1 aliphatic carbocycles. The maximum Gasteiger partial charge on any atom is 0.228 e. The van der Waals surface area contributed by atoms with Gasteiger partial charge in [0.15, 0.2) is 0 Å². The Morgan fingerprint density at radius 3 is 2.74 bits per heavy atom. The van der Waals surface area contributed by atoms with Crippen LogP contribution in [0.25, 0.3) is 10.8 Å². The van der Waals surface area contributed by atoms with E-state index in [1.807, 2.05) is 31.4 Å². The van der Waals surface area contributed by atoms with Crippen LogP contribution in [0.15, 0.2) is 36.8 Å². The topological polar surface area (TPSA) is 83.0 Å². The normalized spacial score (nSPS) is 15.6. The van der Waals surface area contributed by atoms with E-state index in [-0.39, 0.29) is 11.8 Å². The predicted molar refractivity (Wildman–Crippen MR) is 121 cm³/mol. The van der Waals surface area contributed by atoms with Crippen LogP contribution in [0.1, 0.15) is 36.1 Å². The maximum absolute atomic E-state index is 12.2. The third-order valence-corrected chi connectivity index (χ3v) is 5.70. The van der Waals surface area contributed by atoms with Crippen molar-refractivity contribution in [2.75, 3.05) is 30.8 Å². The molecular formula is C24H24N6O. The number of rotatable bonds is 5. The van der Waals surface area contributed by atoms with Crippen molar-refractivity contribution >= 4 is 28.3 Å². The van der Waals surface area contributed by atoms with Crippen LogP contribution in [0.5, 0.6) is 0 Å². The number of carbonyl (C=O) groups excluding carboxylic acids is 1. The van der Waals surface area contributed by atoms with Gasteiger partial charge < -0.3 is 10.6 Å². The quantitative estimate of drug-likeness (QED) is 0.627. The van der Waals surface area contributed by atoms with Crippen LogP contribution in [0, 0.1) is 17.8 Å². The first-order chi connectivity index (χ1) is 15.2. The van der Waals surface area contributed by atoms with Crippen molar-refractivity contribution in [1.29, 1.82) is 0 Å². The fourth-order valence-corrected chi connectivity index (χ4v) is 3.63. The number of pyridine rings is 3. The molecule has 31 heavy (non-hydrogen) atoms. The van der Waals surface area contributed by atoms with E-state index in [0.29, 0.717) is 5.82 Å². The van der Waals surface area contributed by atoms with Gasteiger partial charge in [-0.15, -0.1) is 0 Å². The van der Waals surface area contributed by atoms with E-state index in [4.69, 9.17) is 0 Å². The highest BCUT2D eigenvalue weighted by atomic mass is 16.2. The van der Waals surface area contributed by atoms with E-state index in [1.54, 1.807) is 12.4 Å². The lowest BCUT2D eigenvalue weighted by Crippen LogP contribution is -2.36. The van der Waals surface area contributed by atoms with Crippen LogP contribution in [0.3, 0.4) is 0 Å². The molecule has 0 aromatic carbocycles. The molecule has 1 aliphatic heterocycles. The molecule has 0 atom stereocenters. The number of nitrogens with one attached hydrogen (secondary N) is 2. The number of carbonyl (C=O) groups is 1. The SMILES string of the molecule is CNc1ncc(C#Cc2ccnc(CN3CCC3)c2)c2cc(NC(=O)C3CC3)ncc12. The van der Waals surface area contributed by atoms with Crippen LogP contribution >= 0.6 is 0 Å². The number of hydrogen-bond acceptors (Lipinski definition) is 6. The van der Waals surface area contributed by atoms with E-state index in [2.05, 4.69) is 42.3 Å². The summed E-state index contributed by atoms with van der Waals surface area (Å²) in [7, 11) is 1.83. The van der Waals surface area contributed by atoms with Crippen LogP contribution in [-0.4, -0.2) is 45.9 Å². The first kappa shape index (κ1) is 19.5. The smallest absolute Gasteiger partial charge is 0.228 e. The second-order valence-corrected chi connectivity index (χ2v) is 8.06. The number of hydrogen-bond donors (Lipinski definition) is 2. The summed E-state index contributed by atoms with van der Waals surface area (Å²) in [6.45, 7) is 3.15. The van der Waals surface area contributed by atoms with Crippen LogP contribution in [-0.2, 0) is 11.3 Å². The monoisotopic (exact) mass is 412 g/mol.